The maximum Gasteiger partial charge on any atom is 0.220 e. The summed E-state index contributed by atoms with van der Waals surface area (Å²) in [5, 5.41) is 8.37. The first-order valence-corrected chi connectivity index (χ1v) is 8.28. The zero-order chi connectivity index (χ0) is 17.1. The summed E-state index contributed by atoms with van der Waals surface area (Å²) in [6.45, 7) is 5.92. The second kappa shape index (κ2) is 7.37. The zero-order valence-corrected chi connectivity index (χ0v) is 15.3. The van der Waals surface area contributed by atoms with Gasteiger partial charge in [-0.15, -0.1) is 0 Å². The normalized spacial score (nSPS) is 12.3. The summed E-state index contributed by atoms with van der Waals surface area (Å²) in [6.07, 6.45) is 1.12. The van der Waals surface area contributed by atoms with Crippen LogP contribution in [0, 0.1) is 13.8 Å². The lowest BCUT2D eigenvalue weighted by Gasteiger charge is -2.15. The molecule has 1 aromatic carbocycles. The number of carbonyl (C=O) groups excluding carboxylic acids is 1. The maximum absolute atomic E-state index is 12.2. The van der Waals surface area contributed by atoms with Gasteiger partial charge in [0, 0.05) is 19.2 Å². The van der Waals surface area contributed by atoms with Crippen molar-refractivity contribution in [3.05, 3.63) is 50.8 Å². The van der Waals surface area contributed by atoms with E-state index in [-0.39, 0.29) is 11.9 Å². The van der Waals surface area contributed by atoms with Gasteiger partial charge in [-0.05, 0) is 50.5 Å². The molecule has 0 fully saturated rings. The van der Waals surface area contributed by atoms with Gasteiger partial charge in [-0.3, -0.25) is 9.48 Å². The van der Waals surface area contributed by atoms with Gasteiger partial charge in [-0.1, -0.05) is 29.3 Å². The summed E-state index contributed by atoms with van der Waals surface area (Å²) >= 11 is 11.9. The Morgan fingerprint density at radius 2 is 2.00 bits per heavy atom. The summed E-state index contributed by atoms with van der Waals surface area (Å²) in [6, 6.07) is 5.27. The molecule has 0 aliphatic heterocycles. The molecule has 0 aliphatic rings. The van der Waals surface area contributed by atoms with E-state index in [0.717, 1.165) is 22.5 Å². The smallest absolute Gasteiger partial charge is 0.220 e. The van der Waals surface area contributed by atoms with E-state index >= 15 is 0 Å². The zero-order valence-electron chi connectivity index (χ0n) is 13.8. The molecule has 2 rings (SSSR count). The minimum atomic E-state index is -0.117. The van der Waals surface area contributed by atoms with Gasteiger partial charge in [0.15, 0.2) is 0 Å². The number of hydrogen-bond acceptors (Lipinski definition) is 2. The highest BCUT2D eigenvalue weighted by Crippen LogP contribution is 2.25. The fourth-order valence-electron chi connectivity index (χ4n) is 2.60. The van der Waals surface area contributed by atoms with Crippen LogP contribution in [0.2, 0.25) is 10.0 Å². The maximum atomic E-state index is 12.2. The lowest BCUT2D eigenvalue weighted by Crippen LogP contribution is -2.26. The van der Waals surface area contributed by atoms with E-state index in [1.54, 1.807) is 12.1 Å². The summed E-state index contributed by atoms with van der Waals surface area (Å²) < 4.78 is 1.85. The number of aromatic nitrogens is 2. The van der Waals surface area contributed by atoms with Gasteiger partial charge in [-0.2, -0.15) is 5.10 Å². The molecule has 1 N–H and O–H groups in total. The number of halogens is 2. The average molecular weight is 354 g/mol. The molecule has 0 aliphatic carbocycles. The van der Waals surface area contributed by atoms with E-state index < -0.39 is 0 Å². The molecular formula is C17H21Cl2N3O. The van der Waals surface area contributed by atoms with Gasteiger partial charge >= 0.3 is 0 Å². The predicted molar refractivity (Wildman–Crippen MR) is 94.0 cm³/mol. The van der Waals surface area contributed by atoms with Crippen LogP contribution in [-0.2, 0) is 18.3 Å². The highest BCUT2D eigenvalue weighted by molar-refractivity contribution is 6.42. The van der Waals surface area contributed by atoms with Gasteiger partial charge < -0.3 is 5.32 Å². The number of aryl methyl sites for hydroxylation is 2. The van der Waals surface area contributed by atoms with Crippen molar-refractivity contribution in [1.29, 1.82) is 0 Å². The van der Waals surface area contributed by atoms with Crippen LogP contribution in [0.25, 0.3) is 0 Å². The van der Waals surface area contributed by atoms with Crippen LogP contribution >= 0.6 is 23.2 Å². The summed E-state index contributed by atoms with van der Waals surface area (Å²) in [5.74, 6) is 0.00576. The molecule has 0 bridgehead atoms. The molecule has 1 heterocycles. The first-order chi connectivity index (χ1) is 10.8. The van der Waals surface area contributed by atoms with Crippen molar-refractivity contribution in [2.24, 2.45) is 7.05 Å². The fourth-order valence-corrected chi connectivity index (χ4v) is 2.90. The second-order valence-electron chi connectivity index (χ2n) is 5.74. The lowest BCUT2D eigenvalue weighted by molar-refractivity contribution is -0.121. The number of hydrogen-bond donors (Lipinski definition) is 1. The highest BCUT2D eigenvalue weighted by Gasteiger charge is 2.14. The van der Waals surface area contributed by atoms with Crippen molar-refractivity contribution in [3.8, 4) is 0 Å². The molecule has 6 heteroatoms. The topological polar surface area (TPSA) is 46.9 Å². The molecule has 0 saturated heterocycles. The van der Waals surface area contributed by atoms with E-state index in [4.69, 9.17) is 23.2 Å². The number of nitrogens with one attached hydrogen (secondary N) is 1. The van der Waals surface area contributed by atoms with Gasteiger partial charge in [0.2, 0.25) is 5.91 Å². The van der Waals surface area contributed by atoms with Crippen LogP contribution in [0.15, 0.2) is 18.2 Å². The Morgan fingerprint density at radius 1 is 1.30 bits per heavy atom. The molecule has 2 aromatic rings. The van der Waals surface area contributed by atoms with Gasteiger partial charge in [-0.25, -0.2) is 0 Å². The molecule has 1 unspecified atom stereocenters. The summed E-state index contributed by atoms with van der Waals surface area (Å²) in [7, 11) is 1.91. The Labute approximate surface area is 146 Å². The Kier molecular flexibility index (Phi) is 5.71. The van der Waals surface area contributed by atoms with Crippen molar-refractivity contribution < 1.29 is 4.79 Å². The van der Waals surface area contributed by atoms with E-state index in [9.17, 15) is 4.79 Å². The van der Waals surface area contributed by atoms with Crippen LogP contribution in [-0.4, -0.2) is 15.7 Å². The summed E-state index contributed by atoms with van der Waals surface area (Å²) in [5.41, 5.74) is 4.16. The Bertz CT molecular complexity index is 725. The van der Waals surface area contributed by atoms with Crippen molar-refractivity contribution >= 4 is 29.1 Å². The quantitative estimate of drug-likeness (QED) is 0.877. The first kappa shape index (κ1) is 17.8. The SMILES string of the molecule is Cc1nn(C)c(C)c1CCC(=O)NC(C)c1ccc(Cl)c(Cl)c1. The number of nitrogens with zero attached hydrogens (tertiary/aromatic N) is 2. The van der Waals surface area contributed by atoms with Gasteiger partial charge in [0.1, 0.15) is 0 Å². The van der Waals surface area contributed by atoms with Crippen molar-refractivity contribution in [2.75, 3.05) is 0 Å². The van der Waals surface area contributed by atoms with Gasteiger partial charge in [0.05, 0.1) is 21.8 Å². The number of amides is 1. The number of carbonyl (C=O) groups is 1. The molecule has 23 heavy (non-hydrogen) atoms. The van der Waals surface area contributed by atoms with Crippen LogP contribution in [0.1, 0.15) is 41.9 Å². The Balaban J connectivity index is 1.95. The molecule has 4 nitrogen and oxygen atoms in total. The van der Waals surface area contributed by atoms with Crippen molar-refractivity contribution in [1.82, 2.24) is 15.1 Å². The molecule has 0 radical (unpaired) electrons. The molecule has 1 aromatic heterocycles. The van der Waals surface area contributed by atoms with E-state index in [0.29, 0.717) is 22.9 Å². The third-order valence-electron chi connectivity index (χ3n) is 4.08. The lowest BCUT2D eigenvalue weighted by atomic mass is 10.1. The Morgan fingerprint density at radius 3 is 2.57 bits per heavy atom. The second-order valence-corrected chi connectivity index (χ2v) is 6.55. The van der Waals surface area contributed by atoms with E-state index in [1.807, 2.05) is 38.6 Å². The number of benzene rings is 1. The van der Waals surface area contributed by atoms with Crippen molar-refractivity contribution in [3.63, 3.8) is 0 Å². The standard InChI is InChI=1S/C17H21Cl2N3O/c1-10(13-5-7-15(18)16(19)9-13)20-17(23)8-6-14-11(2)21-22(4)12(14)3/h5,7,9-10H,6,8H2,1-4H3,(H,20,23). The molecule has 0 spiro atoms. The van der Waals surface area contributed by atoms with Crippen LogP contribution in [0.5, 0.6) is 0 Å². The van der Waals surface area contributed by atoms with Crippen LogP contribution in [0.3, 0.4) is 0 Å². The molecule has 1 atom stereocenters. The minimum absolute atomic E-state index is 0.00576. The molecular weight excluding hydrogens is 333 g/mol. The average Bonchev–Trinajstić information content (AvgIpc) is 2.73. The fraction of sp³-hybridized carbons (Fsp3) is 0.412. The van der Waals surface area contributed by atoms with Gasteiger partial charge in [0.25, 0.3) is 0 Å². The van der Waals surface area contributed by atoms with E-state index in [1.165, 1.54) is 0 Å². The number of rotatable bonds is 5. The summed E-state index contributed by atoms with van der Waals surface area (Å²) in [4.78, 5) is 12.2. The third kappa shape index (κ3) is 4.27. The highest BCUT2D eigenvalue weighted by atomic mass is 35.5. The molecule has 1 amide bonds. The van der Waals surface area contributed by atoms with E-state index in [2.05, 4.69) is 10.4 Å². The molecule has 0 saturated carbocycles. The monoisotopic (exact) mass is 353 g/mol. The predicted octanol–water partition coefficient (Wildman–Crippen LogP) is 4.15. The minimum Gasteiger partial charge on any atom is -0.350 e. The largest absolute Gasteiger partial charge is 0.350 e. The third-order valence-corrected chi connectivity index (χ3v) is 4.82. The van der Waals surface area contributed by atoms with Crippen LogP contribution in [0.4, 0.5) is 0 Å². The van der Waals surface area contributed by atoms with Crippen LogP contribution < -0.4 is 5.32 Å². The first-order valence-electron chi connectivity index (χ1n) is 7.53. The molecule has 124 valence electrons. The Hall–Kier alpha value is -1.52. The van der Waals surface area contributed by atoms with Crippen molar-refractivity contribution in [2.45, 2.75) is 39.7 Å².